The van der Waals surface area contributed by atoms with Crippen LogP contribution in [0.3, 0.4) is 0 Å². The van der Waals surface area contributed by atoms with Crippen LogP contribution in [-0.2, 0) is 14.8 Å². The number of nitrogens with one attached hydrogen (secondary N) is 1. The van der Waals surface area contributed by atoms with Crippen LogP contribution in [0, 0.1) is 12.8 Å². The quantitative estimate of drug-likeness (QED) is 0.502. The molecule has 7 nitrogen and oxygen atoms in total. The fraction of sp³-hybridized carbons (Fsp3) is 0.417. The zero-order valence-electron chi connectivity index (χ0n) is 19.5. The van der Waals surface area contributed by atoms with Crippen molar-refractivity contribution in [1.29, 1.82) is 0 Å². The van der Waals surface area contributed by atoms with Crippen LogP contribution in [0.1, 0.15) is 25.3 Å². The van der Waals surface area contributed by atoms with E-state index in [0.717, 1.165) is 20.9 Å². The van der Waals surface area contributed by atoms with Crippen LogP contribution in [-0.4, -0.2) is 56.4 Å². The molecule has 0 bridgehead atoms. The predicted octanol–water partition coefficient (Wildman–Crippen LogP) is 4.30. The van der Waals surface area contributed by atoms with E-state index in [1.807, 2.05) is 45.0 Å². The summed E-state index contributed by atoms with van der Waals surface area (Å²) in [5, 5.41) is 1.55. The first kappa shape index (κ1) is 24.9. The molecule has 1 atom stereocenters. The van der Waals surface area contributed by atoms with Crippen molar-refractivity contribution in [3.8, 4) is 0 Å². The van der Waals surface area contributed by atoms with E-state index < -0.39 is 16.1 Å². The summed E-state index contributed by atoms with van der Waals surface area (Å²) in [6.07, 6.45) is 0.425. The molecule has 10 heteroatoms. The molecule has 0 saturated carbocycles. The number of amides is 1. The van der Waals surface area contributed by atoms with Crippen molar-refractivity contribution < 1.29 is 13.2 Å². The normalized spacial score (nSPS) is 15.8. The first-order valence-electron chi connectivity index (χ1n) is 11.3. The Morgan fingerprint density at radius 2 is 1.88 bits per heavy atom. The standard InChI is InChI=1S/C24H29ClN4O3S2/c1-16(2)13-22(27-34(31,32)20-7-8-21-23(15-20)33-17(3)26-21)24(30)29-11-9-28(10-12-29)19-6-4-5-18(25)14-19/h4-8,14-16,22,27H,9-13H2,1-3H3/t22-/m0/s1. The van der Waals surface area contributed by atoms with Crippen LogP contribution in [0.15, 0.2) is 47.4 Å². The highest BCUT2D eigenvalue weighted by Gasteiger charge is 2.32. The van der Waals surface area contributed by atoms with Crippen molar-refractivity contribution in [2.45, 2.75) is 38.1 Å². The van der Waals surface area contributed by atoms with Crippen LogP contribution in [0.5, 0.6) is 0 Å². The van der Waals surface area contributed by atoms with Gasteiger partial charge in [-0.05, 0) is 55.7 Å². The van der Waals surface area contributed by atoms with Gasteiger partial charge in [-0.1, -0.05) is 31.5 Å². The molecule has 0 radical (unpaired) electrons. The fourth-order valence-electron chi connectivity index (χ4n) is 4.19. The Morgan fingerprint density at radius 3 is 2.56 bits per heavy atom. The fourth-order valence-corrected chi connectivity index (χ4v) is 6.55. The minimum Gasteiger partial charge on any atom is -0.368 e. The zero-order valence-corrected chi connectivity index (χ0v) is 21.9. The molecule has 1 fully saturated rings. The second kappa shape index (κ2) is 10.2. The number of carbonyl (C=O) groups is 1. The molecule has 4 rings (SSSR count). The number of rotatable bonds is 7. The number of aromatic nitrogens is 1. The van der Waals surface area contributed by atoms with Gasteiger partial charge in [-0.3, -0.25) is 4.79 Å². The second-order valence-corrected chi connectivity index (χ2v) is 12.3. The number of carbonyl (C=O) groups excluding carboxylic acids is 1. The van der Waals surface area contributed by atoms with Gasteiger partial charge in [-0.2, -0.15) is 4.72 Å². The van der Waals surface area contributed by atoms with Gasteiger partial charge in [-0.25, -0.2) is 13.4 Å². The number of thiazole rings is 1. The number of benzene rings is 2. The monoisotopic (exact) mass is 520 g/mol. The molecule has 1 N–H and O–H groups in total. The molecule has 1 aliphatic heterocycles. The summed E-state index contributed by atoms with van der Waals surface area (Å²) in [5.41, 5.74) is 1.79. The smallest absolute Gasteiger partial charge is 0.241 e. The maximum absolute atomic E-state index is 13.4. The van der Waals surface area contributed by atoms with Crippen molar-refractivity contribution in [3.05, 3.63) is 52.5 Å². The molecular weight excluding hydrogens is 492 g/mol. The number of piperazine rings is 1. The molecule has 0 spiro atoms. The Hall–Kier alpha value is -2.20. The Balaban J connectivity index is 1.48. The number of aryl methyl sites for hydroxylation is 1. The Morgan fingerprint density at radius 1 is 1.15 bits per heavy atom. The zero-order chi connectivity index (χ0) is 24.5. The van der Waals surface area contributed by atoms with Crippen LogP contribution in [0.25, 0.3) is 10.2 Å². The third kappa shape index (κ3) is 5.71. The van der Waals surface area contributed by atoms with Gasteiger partial charge in [0.15, 0.2) is 0 Å². The van der Waals surface area contributed by atoms with Crippen molar-refractivity contribution in [1.82, 2.24) is 14.6 Å². The van der Waals surface area contributed by atoms with Gasteiger partial charge in [0.25, 0.3) is 0 Å². The first-order valence-corrected chi connectivity index (χ1v) is 14.0. The van der Waals surface area contributed by atoms with E-state index in [0.29, 0.717) is 37.6 Å². The molecule has 1 aromatic heterocycles. The molecule has 2 aromatic carbocycles. The summed E-state index contributed by atoms with van der Waals surface area (Å²) in [6, 6.07) is 11.7. The van der Waals surface area contributed by atoms with Crippen molar-refractivity contribution in [2.24, 2.45) is 5.92 Å². The van der Waals surface area contributed by atoms with E-state index in [9.17, 15) is 13.2 Å². The number of fused-ring (bicyclic) bond motifs is 1. The number of hydrogen-bond donors (Lipinski definition) is 1. The van der Waals surface area contributed by atoms with Gasteiger partial charge in [0.05, 0.1) is 20.1 Å². The highest BCUT2D eigenvalue weighted by molar-refractivity contribution is 7.89. The number of nitrogens with zero attached hydrogens (tertiary/aromatic N) is 3. The van der Waals surface area contributed by atoms with Gasteiger partial charge < -0.3 is 9.80 Å². The summed E-state index contributed by atoms with van der Waals surface area (Å²) in [7, 11) is -3.87. The molecule has 182 valence electrons. The summed E-state index contributed by atoms with van der Waals surface area (Å²) in [6.45, 7) is 8.22. The third-order valence-corrected chi connectivity index (χ3v) is 8.48. The lowest BCUT2D eigenvalue weighted by atomic mass is 10.0. The molecule has 34 heavy (non-hydrogen) atoms. The SMILES string of the molecule is Cc1nc2ccc(S(=O)(=O)N[C@@H](CC(C)C)C(=O)N3CCN(c4cccc(Cl)c4)CC3)cc2s1. The molecule has 2 heterocycles. The van der Waals surface area contributed by atoms with E-state index in [4.69, 9.17) is 11.6 Å². The van der Waals surface area contributed by atoms with E-state index in [2.05, 4.69) is 14.6 Å². The molecule has 0 unspecified atom stereocenters. The largest absolute Gasteiger partial charge is 0.368 e. The second-order valence-electron chi connectivity index (χ2n) is 8.96. The molecule has 3 aromatic rings. The van der Waals surface area contributed by atoms with Crippen molar-refractivity contribution in [3.63, 3.8) is 0 Å². The molecular formula is C24H29ClN4O3S2. The molecule has 1 amide bonds. The lowest BCUT2D eigenvalue weighted by Gasteiger charge is -2.38. The van der Waals surface area contributed by atoms with Crippen LogP contribution in [0.4, 0.5) is 5.69 Å². The maximum atomic E-state index is 13.4. The van der Waals surface area contributed by atoms with Crippen molar-refractivity contribution in [2.75, 3.05) is 31.1 Å². The van der Waals surface area contributed by atoms with Gasteiger partial charge in [0, 0.05) is 36.9 Å². The number of anilines is 1. The average molecular weight is 521 g/mol. The van der Waals surface area contributed by atoms with E-state index in [-0.39, 0.29) is 16.7 Å². The summed E-state index contributed by atoms with van der Waals surface area (Å²) < 4.78 is 29.9. The molecule has 1 saturated heterocycles. The van der Waals surface area contributed by atoms with Crippen LogP contribution >= 0.6 is 22.9 Å². The molecule has 0 aliphatic carbocycles. The minimum atomic E-state index is -3.87. The van der Waals surface area contributed by atoms with E-state index in [1.54, 1.807) is 23.1 Å². The number of sulfonamides is 1. The molecule has 1 aliphatic rings. The van der Waals surface area contributed by atoms with Gasteiger partial charge in [0.2, 0.25) is 15.9 Å². The van der Waals surface area contributed by atoms with E-state index in [1.165, 1.54) is 11.3 Å². The van der Waals surface area contributed by atoms with Gasteiger partial charge in [0.1, 0.15) is 6.04 Å². The van der Waals surface area contributed by atoms with Gasteiger partial charge >= 0.3 is 0 Å². The third-order valence-electron chi connectivity index (χ3n) is 5.84. The number of halogens is 1. The number of hydrogen-bond acceptors (Lipinski definition) is 6. The topological polar surface area (TPSA) is 82.6 Å². The van der Waals surface area contributed by atoms with Crippen LogP contribution < -0.4 is 9.62 Å². The lowest BCUT2D eigenvalue weighted by molar-refractivity contribution is -0.133. The van der Waals surface area contributed by atoms with E-state index >= 15 is 0 Å². The Bertz CT molecular complexity index is 1280. The predicted molar refractivity (Wildman–Crippen MR) is 138 cm³/mol. The maximum Gasteiger partial charge on any atom is 0.241 e. The Kier molecular flexibility index (Phi) is 7.47. The highest BCUT2D eigenvalue weighted by atomic mass is 35.5. The lowest BCUT2D eigenvalue weighted by Crippen LogP contribution is -2.55. The van der Waals surface area contributed by atoms with Crippen LogP contribution in [0.2, 0.25) is 5.02 Å². The Labute approximate surface area is 209 Å². The average Bonchev–Trinajstić information content (AvgIpc) is 3.17. The summed E-state index contributed by atoms with van der Waals surface area (Å²) in [5.74, 6) is -0.0336. The minimum absolute atomic E-state index is 0.149. The first-order chi connectivity index (χ1) is 16.1. The summed E-state index contributed by atoms with van der Waals surface area (Å²) in [4.78, 5) is 21.9. The highest BCUT2D eigenvalue weighted by Crippen LogP contribution is 2.25. The summed E-state index contributed by atoms with van der Waals surface area (Å²) >= 11 is 7.57. The van der Waals surface area contributed by atoms with Gasteiger partial charge in [-0.15, -0.1) is 11.3 Å². The van der Waals surface area contributed by atoms with Crippen molar-refractivity contribution >= 4 is 54.8 Å².